The first-order valence-corrected chi connectivity index (χ1v) is 5.16. The number of rotatable bonds is 3. The maximum Gasteiger partial charge on any atom is 0.281 e. The second kappa shape index (κ2) is 6.03. The molecule has 0 fully saturated rings. The highest BCUT2D eigenvalue weighted by molar-refractivity contribution is 6.30. The number of carbonyl (C=O) groups excluding carboxylic acids is 2. The van der Waals surface area contributed by atoms with Crippen molar-refractivity contribution in [3.05, 3.63) is 40.5 Å². The minimum atomic E-state index is -0.574. The molecule has 4 N–H and O–H groups in total. The van der Waals surface area contributed by atoms with Crippen molar-refractivity contribution in [2.45, 2.75) is 6.92 Å². The van der Waals surface area contributed by atoms with Crippen LogP contribution in [0.3, 0.4) is 0 Å². The van der Waals surface area contributed by atoms with E-state index in [-0.39, 0.29) is 11.6 Å². The Morgan fingerprint density at radius 2 is 1.88 bits per heavy atom. The molecular formula is C11H12ClN3O2. The van der Waals surface area contributed by atoms with Crippen molar-refractivity contribution in [2.75, 3.05) is 0 Å². The number of halogens is 1. The lowest BCUT2D eigenvalue weighted by Crippen LogP contribution is -2.37. The van der Waals surface area contributed by atoms with Gasteiger partial charge in [-0.05, 0) is 23.8 Å². The Hall–Kier alpha value is -1.85. The summed E-state index contributed by atoms with van der Waals surface area (Å²) >= 11 is 5.73. The Labute approximate surface area is 104 Å². The largest absolute Gasteiger partial charge is 0.322 e. The van der Waals surface area contributed by atoms with Gasteiger partial charge < -0.3 is 5.32 Å². The van der Waals surface area contributed by atoms with Gasteiger partial charge in [0.25, 0.3) is 5.91 Å². The second-order valence-electron chi connectivity index (χ2n) is 3.26. The average Bonchev–Trinajstić information content (AvgIpc) is 2.29. The highest BCUT2D eigenvalue weighted by atomic mass is 35.5. The van der Waals surface area contributed by atoms with Gasteiger partial charge in [0, 0.05) is 11.9 Å². The molecule has 0 saturated carbocycles. The summed E-state index contributed by atoms with van der Waals surface area (Å²) in [5, 5.41) is 2.98. The molecule has 1 aromatic rings. The predicted molar refractivity (Wildman–Crippen MR) is 65.6 cm³/mol. The van der Waals surface area contributed by atoms with Gasteiger partial charge in [0.1, 0.15) is 5.70 Å². The highest BCUT2D eigenvalue weighted by Crippen LogP contribution is 2.11. The predicted octanol–water partition coefficient (Wildman–Crippen LogP) is 0.807. The molecule has 17 heavy (non-hydrogen) atoms. The van der Waals surface area contributed by atoms with E-state index in [2.05, 4.69) is 5.32 Å². The molecule has 0 atom stereocenters. The van der Waals surface area contributed by atoms with Crippen LogP contribution in [0.2, 0.25) is 5.02 Å². The molecule has 0 saturated heterocycles. The molecule has 90 valence electrons. The molecule has 0 heterocycles. The van der Waals surface area contributed by atoms with Crippen LogP contribution in [0.15, 0.2) is 30.0 Å². The van der Waals surface area contributed by atoms with Crippen molar-refractivity contribution < 1.29 is 9.59 Å². The number of amides is 2. The van der Waals surface area contributed by atoms with Crippen LogP contribution in [0.4, 0.5) is 0 Å². The number of nitrogens with two attached hydrogens (primary N) is 1. The first kappa shape index (κ1) is 13.2. The highest BCUT2D eigenvalue weighted by Gasteiger charge is 2.09. The lowest BCUT2D eigenvalue weighted by molar-refractivity contribution is -0.122. The van der Waals surface area contributed by atoms with Gasteiger partial charge in [-0.1, -0.05) is 23.7 Å². The molecule has 0 radical (unpaired) electrons. The van der Waals surface area contributed by atoms with Gasteiger partial charge in [-0.3, -0.25) is 15.0 Å². The van der Waals surface area contributed by atoms with Crippen LogP contribution in [0.25, 0.3) is 6.08 Å². The Bertz CT molecular complexity index is 454. The van der Waals surface area contributed by atoms with Crippen molar-refractivity contribution in [1.82, 2.24) is 10.7 Å². The topological polar surface area (TPSA) is 84.2 Å². The van der Waals surface area contributed by atoms with Crippen LogP contribution in [-0.2, 0) is 9.59 Å². The van der Waals surface area contributed by atoms with E-state index in [1.165, 1.54) is 13.0 Å². The molecule has 6 heteroatoms. The fraction of sp³-hybridized carbons (Fsp3) is 0.0909. The van der Waals surface area contributed by atoms with Crippen LogP contribution in [-0.4, -0.2) is 11.8 Å². The Morgan fingerprint density at radius 3 is 2.35 bits per heavy atom. The average molecular weight is 254 g/mol. The van der Waals surface area contributed by atoms with Crippen LogP contribution < -0.4 is 16.6 Å². The number of nitrogens with one attached hydrogen (secondary N) is 2. The molecule has 0 spiro atoms. The third kappa shape index (κ3) is 4.26. The number of hydrogen-bond donors (Lipinski definition) is 3. The fourth-order valence-corrected chi connectivity index (χ4v) is 1.28. The zero-order chi connectivity index (χ0) is 12.8. The standard InChI is InChI=1S/C11H12ClN3O2/c1-7(16)14-10(11(17)15-13)6-8-2-4-9(12)5-3-8/h2-6H,13H2,1H3,(H,14,16)(H,15,17)/b10-6-. The maximum absolute atomic E-state index is 11.4. The van der Waals surface area contributed by atoms with Gasteiger partial charge in [0.05, 0.1) is 0 Å². The number of hydrazine groups is 1. The smallest absolute Gasteiger partial charge is 0.281 e. The lowest BCUT2D eigenvalue weighted by atomic mass is 10.2. The minimum absolute atomic E-state index is 0.0716. The first-order chi connectivity index (χ1) is 8.02. The summed E-state index contributed by atoms with van der Waals surface area (Å²) in [6, 6.07) is 6.79. The molecule has 5 nitrogen and oxygen atoms in total. The molecule has 2 amide bonds. The van der Waals surface area contributed by atoms with E-state index in [9.17, 15) is 9.59 Å². The van der Waals surface area contributed by atoms with E-state index in [1.54, 1.807) is 24.3 Å². The van der Waals surface area contributed by atoms with Gasteiger partial charge in [0.2, 0.25) is 5.91 Å². The van der Waals surface area contributed by atoms with Crippen molar-refractivity contribution in [3.8, 4) is 0 Å². The first-order valence-electron chi connectivity index (χ1n) is 4.78. The zero-order valence-corrected chi connectivity index (χ0v) is 9.91. The van der Waals surface area contributed by atoms with Crippen molar-refractivity contribution in [1.29, 1.82) is 0 Å². The van der Waals surface area contributed by atoms with Gasteiger partial charge in [-0.25, -0.2) is 5.84 Å². The molecule has 0 unspecified atom stereocenters. The van der Waals surface area contributed by atoms with E-state index >= 15 is 0 Å². The summed E-state index contributed by atoms with van der Waals surface area (Å²) < 4.78 is 0. The van der Waals surface area contributed by atoms with Gasteiger partial charge in [-0.15, -0.1) is 0 Å². The van der Waals surface area contributed by atoms with Crippen molar-refractivity contribution in [3.63, 3.8) is 0 Å². The molecule has 1 aromatic carbocycles. The van der Waals surface area contributed by atoms with Crippen molar-refractivity contribution in [2.24, 2.45) is 5.84 Å². The van der Waals surface area contributed by atoms with E-state index in [4.69, 9.17) is 17.4 Å². The lowest BCUT2D eigenvalue weighted by Gasteiger charge is -2.06. The summed E-state index contributed by atoms with van der Waals surface area (Å²) in [6.07, 6.45) is 1.50. The van der Waals surface area contributed by atoms with Crippen LogP contribution in [0, 0.1) is 0 Å². The summed E-state index contributed by atoms with van der Waals surface area (Å²) in [4.78, 5) is 22.3. The summed E-state index contributed by atoms with van der Waals surface area (Å²) in [5.74, 6) is 4.09. The molecule has 0 aliphatic rings. The van der Waals surface area contributed by atoms with E-state index < -0.39 is 5.91 Å². The third-order valence-corrected chi connectivity index (χ3v) is 2.12. The van der Waals surface area contributed by atoms with Crippen LogP contribution in [0.1, 0.15) is 12.5 Å². The van der Waals surface area contributed by atoms with Crippen molar-refractivity contribution >= 4 is 29.5 Å². The number of benzene rings is 1. The van der Waals surface area contributed by atoms with Crippen LogP contribution >= 0.6 is 11.6 Å². The molecule has 0 aliphatic carbocycles. The van der Waals surface area contributed by atoms with E-state index in [0.717, 1.165) is 5.56 Å². The molecule has 0 aromatic heterocycles. The minimum Gasteiger partial charge on any atom is -0.322 e. The summed E-state index contributed by atoms with van der Waals surface area (Å²) in [5.41, 5.74) is 2.75. The summed E-state index contributed by atoms with van der Waals surface area (Å²) in [7, 11) is 0. The molecule has 0 bridgehead atoms. The molecule has 1 rings (SSSR count). The Balaban J connectivity index is 3.00. The number of hydrogen-bond acceptors (Lipinski definition) is 3. The number of carbonyl (C=O) groups is 2. The van der Waals surface area contributed by atoms with Gasteiger partial charge in [-0.2, -0.15) is 0 Å². The summed E-state index contributed by atoms with van der Waals surface area (Å²) in [6.45, 7) is 1.31. The Morgan fingerprint density at radius 1 is 1.29 bits per heavy atom. The third-order valence-electron chi connectivity index (χ3n) is 1.87. The van der Waals surface area contributed by atoms with Gasteiger partial charge in [0.15, 0.2) is 0 Å². The SMILES string of the molecule is CC(=O)N/C(=C\c1ccc(Cl)cc1)C(=O)NN. The monoisotopic (exact) mass is 253 g/mol. The van der Waals surface area contributed by atoms with E-state index in [1.807, 2.05) is 5.43 Å². The second-order valence-corrected chi connectivity index (χ2v) is 3.70. The fourth-order valence-electron chi connectivity index (χ4n) is 1.15. The quantitative estimate of drug-likeness (QED) is 0.323. The zero-order valence-electron chi connectivity index (χ0n) is 9.16. The molecular weight excluding hydrogens is 242 g/mol. The van der Waals surface area contributed by atoms with E-state index in [0.29, 0.717) is 5.02 Å². The van der Waals surface area contributed by atoms with Crippen LogP contribution in [0.5, 0.6) is 0 Å². The molecule has 0 aliphatic heterocycles. The normalized spacial score (nSPS) is 10.9. The maximum atomic E-state index is 11.4. The van der Waals surface area contributed by atoms with Gasteiger partial charge >= 0.3 is 0 Å². The Kier molecular flexibility index (Phi) is 4.68.